The lowest BCUT2D eigenvalue weighted by atomic mass is 10.3. The smallest absolute Gasteiger partial charge is 0.277 e. The molecule has 0 saturated heterocycles. The van der Waals surface area contributed by atoms with Gasteiger partial charge in [-0.05, 0) is 24.3 Å². The van der Waals surface area contributed by atoms with Crippen LogP contribution in [0, 0.1) is 0 Å². The normalized spacial score (nSPS) is 11.0. The molecule has 0 aliphatic rings. The van der Waals surface area contributed by atoms with Gasteiger partial charge in [0.15, 0.2) is 0 Å². The summed E-state index contributed by atoms with van der Waals surface area (Å²) in [6.45, 7) is 0. The average Bonchev–Trinajstić information content (AvgIpc) is 3.33. The highest BCUT2D eigenvalue weighted by Gasteiger charge is 2.11. The van der Waals surface area contributed by atoms with Gasteiger partial charge in [-0.2, -0.15) is 0 Å². The van der Waals surface area contributed by atoms with Crippen LogP contribution in [0.2, 0.25) is 5.15 Å². The summed E-state index contributed by atoms with van der Waals surface area (Å²) in [6.07, 6.45) is 2.84. The van der Waals surface area contributed by atoms with Gasteiger partial charge in [0.2, 0.25) is 11.8 Å². The second-order valence-electron chi connectivity index (χ2n) is 5.74. The van der Waals surface area contributed by atoms with Gasteiger partial charge in [0.1, 0.15) is 5.15 Å². The van der Waals surface area contributed by atoms with E-state index in [-0.39, 0.29) is 11.7 Å². The van der Waals surface area contributed by atoms with Gasteiger partial charge in [-0.3, -0.25) is 4.79 Å². The molecule has 0 saturated carbocycles. The Balaban J connectivity index is 1.26. The number of thiazole rings is 1. The molecule has 142 valence electrons. The highest BCUT2D eigenvalue weighted by atomic mass is 35.5. The molecule has 7 nitrogen and oxygen atoms in total. The first-order valence-electron chi connectivity index (χ1n) is 8.37. The molecule has 0 spiro atoms. The van der Waals surface area contributed by atoms with E-state index in [2.05, 4.69) is 31.5 Å². The van der Waals surface area contributed by atoms with Gasteiger partial charge in [0.05, 0.1) is 32.9 Å². The zero-order valence-corrected chi connectivity index (χ0v) is 16.9. The minimum Gasteiger partial charge on any atom is -0.416 e. The molecule has 0 unspecified atom stereocenters. The van der Waals surface area contributed by atoms with Crippen molar-refractivity contribution >= 4 is 56.5 Å². The fourth-order valence-corrected chi connectivity index (χ4v) is 4.07. The number of carbonyl (C=O) groups is 1. The van der Waals surface area contributed by atoms with E-state index in [1.807, 2.05) is 18.2 Å². The van der Waals surface area contributed by atoms with Crippen molar-refractivity contribution in [2.45, 2.75) is 18.1 Å². The second-order valence-corrected chi connectivity index (χ2v) is 8.17. The van der Waals surface area contributed by atoms with E-state index in [0.29, 0.717) is 28.4 Å². The lowest BCUT2D eigenvalue weighted by Gasteiger charge is -2.02. The van der Waals surface area contributed by atoms with Gasteiger partial charge in [0.25, 0.3) is 5.22 Å². The fourth-order valence-electron chi connectivity index (χ4n) is 2.41. The Morgan fingerprint density at radius 2 is 2.07 bits per heavy atom. The van der Waals surface area contributed by atoms with Crippen LogP contribution >= 0.6 is 34.7 Å². The SMILES string of the molecule is O=C(CSc1nnc(CCc2nc3ccccc3s2)o1)Nc1ccc(Cl)nc1. The van der Waals surface area contributed by atoms with Crippen molar-refractivity contribution in [3.05, 3.63) is 58.6 Å². The van der Waals surface area contributed by atoms with Crippen LogP contribution in [0.15, 0.2) is 52.2 Å². The van der Waals surface area contributed by atoms with E-state index >= 15 is 0 Å². The highest BCUT2D eigenvalue weighted by molar-refractivity contribution is 7.99. The molecule has 0 radical (unpaired) electrons. The van der Waals surface area contributed by atoms with Crippen molar-refractivity contribution in [1.29, 1.82) is 0 Å². The van der Waals surface area contributed by atoms with E-state index in [1.54, 1.807) is 23.5 Å². The van der Waals surface area contributed by atoms with Gasteiger partial charge >= 0.3 is 0 Å². The summed E-state index contributed by atoms with van der Waals surface area (Å²) in [5.41, 5.74) is 1.59. The summed E-state index contributed by atoms with van der Waals surface area (Å²) >= 11 is 8.57. The van der Waals surface area contributed by atoms with Crippen LogP contribution in [-0.4, -0.2) is 31.8 Å². The Bertz CT molecular complexity index is 1060. The number of amides is 1. The largest absolute Gasteiger partial charge is 0.416 e. The Morgan fingerprint density at radius 3 is 2.89 bits per heavy atom. The molecule has 0 aliphatic heterocycles. The van der Waals surface area contributed by atoms with E-state index < -0.39 is 0 Å². The number of aromatic nitrogens is 4. The van der Waals surface area contributed by atoms with Crippen molar-refractivity contribution in [2.75, 3.05) is 11.1 Å². The van der Waals surface area contributed by atoms with Crippen LogP contribution < -0.4 is 5.32 Å². The third kappa shape index (κ3) is 4.86. The number of hydrogen-bond donors (Lipinski definition) is 1. The average molecular weight is 432 g/mol. The molecule has 0 bridgehead atoms. The molecule has 0 aliphatic carbocycles. The molecule has 10 heteroatoms. The number of thioether (sulfide) groups is 1. The molecular formula is C18H14ClN5O2S2. The third-order valence-electron chi connectivity index (χ3n) is 3.68. The minimum atomic E-state index is -0.191. The van der Waals surface area contributed by atoms with Gasteiger partial charge in [-0.15, -0.1) is 21.5 Å². The van der Waals surface area contributed by atoms with Gasteiger partial charge < -0.3 is 9.73 Å². The van der Waals surface area contributed by atoms with Crippen LogP contribution in [0.1, 0.15) is 10.9 Å². The third-order valence-corrected chi connectivity index (χ3v) is 5.82. The highest BCUT2D eigenvalue weighted by Crippen LogP contribution is 2.23. The predicted molar refractivity (Wildman–Crippen MR) is 110 cm³/mol. The van der Waals surface area contributed by atoms with Crippen molar-refractivity contribution in [3.63, 3.8) is 0 Å². The molecule has 1 amide bonds. The number of hydrogen-bond acceptors (Lipinski definition) is 8. The molecule has 3 aromatic heterocycles. The maximum Gasteiger partial charge on any atom is 0.277 e. The fraction of sp³-hybridized carbons (Fsp3) is 0.167. The number of aryl methyl sites for hydroxylation is 2. The van der Waals surface area contributed by atoms with Crippen molar-refractivity contribution in [1.82, 2.24) is 20.2 Å². The number of para-hydroxylation sites is 1. The summed E-state index contributed by atoms with van der Waals surface area (Å²) in [6, 6.07) is 11.3. The zero-order valence-electron chi connectivity index (χ0n) is 14.5. The van der Waals surface area contributed by atoms with Crippen molar-refractivity contribution < 1.29 is 9.21 Å². The molecule has 1 N–H and O–H groups in total. The maximum absolute atomic E-state index is 12.0. The first-order chi connectivity index (χ1) is 13.7. The lowest BCUT2D eigenvalue weighted by molar-refractivity contribution is -0.113. The molecular weight excluding hydrogens is 418 g/mol. The van der Waals surface area contributed by atoms with Crippen LogP contribution in [-0.2, 0) is 17.6 Å². The van der Waals surface area contributed by atoms with Gasteiger partial charge in [0, 0.05) is 12.8 Å². The van der Waals surface area contributed by atoms with Crippen LogP contribution in [0.4, 0.5) is 5.69 Å². The number of rotatable bonds is 7. The Hall–Kier alpha value is -2.49. The summed E-state index contributed by atoms with van der Waals surface area (Å²) in [4.78, 5) is 20.5. The predicted octanol–water partition coefficient (Wildman–Crippen LogP) is 4.24. The molecule has 4 rings (SSSR count). The number of benzene rings is 1. The first-order valence-corrected chi connectivity index (χ1v) is 10.5. The van der Waals surface area contributed by atoms with E-state index in [0.717, 1.165) is 16.9 Å². The molecule has 28 heavy (non-hydrogen) atoms. The van der Waals surface area contributed by atoms with E-state index in [9.17, 15) is 4.79 Å². The maximum atomic E-state index is 12.0. The van der Waals surface area contributed by atoms with Crippen LogP contribution in [0.25, 0.3) is 10.2 Å². The van der Waals surface area contributed by atoms with Gasteiger partial charge in [-0.1, -0.05) is 35.5 Å². The number of pyridine rings is 1. The Morgan fingerprint density at radius 1 is 1.18 bits per heavy atom. The minimum absolute atomic E-state index is 0.155. The molecule has 3 heterocycles. The molecule has 0 atom stereocenters. The van der Waals surface area contributed by atoms with E-state index in [1.165, 1.54) is 22.7 Å². The monoisotopic (exact) mass is 431 g/mol. The Kier molecular flexibility index (Phi) is 5.84. The van der Waals surface area contributed by atoms with E-state index in [4.69, 9.17) is 16.0 Å². The quantitative estimate of drug-likeness (QED) is 0.345. The number of halogens is 1. The molecule has 4 aromatic rings. The standard InChI is InChI=1S/C18H14ClN5O2S2/c19-14-6-5-11(9-20-14)21-15(25)10-27-18-24-23-16(26-18)7-8-17-22-12-3-1-2-4-13(12)28-17/h1-6,9H,7-8,10H2,(H,21,25). The number of fused-ring (bicyclic) bond motifs is 1. The number of nitrogens with zero attached hydrogens (tertiary/aromatic N) is 4. The first kappa shape index (κ1) is 18.9. The summed E-state index contributed by atoms with van der Waals surface area (Å²) in [5, 5.41) is 12.5. The molecule has 1 aromatic carbocycles. The van der Waals surface area contributed by atoms with Crippen LogP contribution in [0.5, 0.6) is 0 Å². The number of anilines is 1. The topological polar surface area (TPSA) is 93.8 Å². The van der Waals surface area contributed by atoms with Crippen LogP contribution in [0.3, 0.4) is 0 Å². The lowest BCUT2D eigenvalue weighted by Crippen LogP contribution is -2.14. The summed E-state index contributed by atoms with van der Waals surface area (Å²) in [5.74, 6) is 0.495. The van der Waals surface area contributed by atoms with Gasteiger partial charge in [-0.25, -0.2) is 9.97 Å². The van der Waals surface area contributed by atoms with Crippen molar-refractivity contribution in [2.24, 2.45) is 0 Å². The molecule has 0 fully saturated rings. The summed E-state index contributed by atoms with van der Waals surface area (Å²) < 4.78 is 6.77. The zero-order chi connectivity index (χ0) is 19.3. The summed E-state index contributed by atoms with van der Waals surface area (Å²) in [7, 11) is 0. The number of nitrogens with one attached hydrogen (secondary N) is 1. The number of carbonyl (C=O) groups excluding carboxylic acids is 1. The second kappa shape index (κ2) is 8.68. The van der Waals surface area contributed by atoms with Crippen molar-refractivity contribution in [3.8, 4) is 0 Å². The Labute approximate surface area is 173 Å².